The summed E-state index contributed by atoms with van der Waals surface area (Å²) in [5.74, 6) is -0.710. The van der Waals surface area contributed by atoms with E-state index in [0.29, 0.717) is 35.9 Å². The Labute approximate surface area is 159 Å². The minimum absolute atomic E-state index is 0.0895. The molecule has 1 aromatic carbocycles. The second-order valence-electron chi connectivity index (χ2n) is 6.16. The summed E-state index contributed by atoms with van der Waals surface area (Å²) in [6.07, 6.45) is 3.80. The lowest BCUT2D eigenvalue weighted by molar-refractivity contribution is 0.0691. The number of carbonyl (C=O) groups is 1. The first kappa shape index (κ1) is 17.7. The van der Waals surface area contributed by atoms with Crippen molar-refractivity contribution in [3.63, 3.8) is 0 Å². The molecule has 8 nitrogen and oxygen atoms in total. The molecule has 0 unspecified atom stereocenters. The van der Waals surface area contributed by atoms with Gasteiger partial charge in [-0.3, -0.25) is 0 Å². The van der Waals surface area contributed by atoms with Gasteiger partial charge in [0, 0.05) is 36.5 Å². The van der Waals surface area contributed by atoms with Crippen molar-refractivity contribution in [2.45, 2.75) is 13.0 Å². The fourth-order valence-electron chi connectivity index (χ4n) is 3.11. The number of ether oxygens (including phenoxy) is 1. The lowest BCUT2D eigenvalue weighted by atomic mass is 10.1. The average Bonchev–Trinajstić information content (AvgIpc) is 3.17. The average molecular weight is 381 g/mol. The molecule has 0 saturated carbocycles. The van der Waals surface area contributed by atoms with Gasteiger partial charge in [0.15, 0.2) is 0 Å². The number of nitrogens with two attached hydrogens (primary N) is 1. The number of halogens is 1. The van der Waals surface area contributed by atoms with Crippen LogP contribution in [0.4, 0.5) is 16.2 Å². The summed E-state index contributed by atoms with van der Waals surface area (Å²) in [5, 5.41) is 12.1. The van der Waals surface area contributed by atoms with E-state index in [9.17, 15) is 9.18 Å². The van der Waals surface area contributed by atoms with Crippen molar-refractivity contribution in [2.24, 2.45) is 0 Å². The molecule has 3 heterocycles. The van der Waals surface area contributed by atoms with Crippen LogP contribution in [0.5, 0.6) is 5.75 Å². The standard InChI is InChI=1S/C19H16FN5O3/c20-15-10(2-1-3-11(15)18(26)27)8-23-17-12-5-7-28-16(12)13(9-24-17)14-4-6-22-19(21)25-14/h1-4,6,9H,5,7-8H2,(H,23,24)(H,26,27)(H2,21,22,25). The molecular formula is C19H16FN5O3. The summed E-state index contributed by atoms with van der Waals surface area (Å²) >= 11 is 0. The zero-order valence-electron chi connectivity index (χ0n) is 14.6. The molecule has 0 bridgehead atoms. The lowest BCUT2D eigenvalue weighted by Crippen LogP contribution is -2.09. The van der Waals surface area contributed by atoms with Crippen LogP contribution in [-0.2, 0) is 13.0 Å². The predicted molar refractivity (Wildman–Crippen MR) is 99.6 cm³/mol. The Morgan fingerprint density at radius 1 is 1.32 bits per heavy atom. The largest absolute Gasteiger partial charge is 0.492 e. The zero-order chi connectivity index (χ0) is 19.7. The summed E-state index contributed by atoms with van der Waals surface area (Å²) in [4.78, 5) is 23.6. The maximum Gasteiger partial charge on any atom is 0.338 e. The van der Waals surface area contributed by atoms with Crippen LogP contribution in [0.2, 0.25) is 0 Å². The molecule has 4 rings (SSSR count). The molecule has 142 valence electrons. The van der Waals surface area contributed by atoms with Gasteiger partial charge in [-0.1, -0.05) is 12.1 Å². The Bertz CT molecular complexity index is 1070. The molecule has 0 amide bonds. The Morgan fingerprint density at radius 2 is 2.18 bits per heavy atom. The van der Waals surface area contributed by atoms with Crippen LogP contribution in [-0.4, -0.2) is 32.6 Å². The number of pyridine rings is 1. The van der Waals surface area contributed by atoms with Crippen LogP contribution >= 0.6 is 0 Å². The third-order valence-corrected chi connectivity index (χ3v) is 4.43. The third-order valence-electron chi connectivity index (χ3n) is 4.43. The van der Waals surface area contributed by atoms with E-state index < -0.39 is 11.8 Å². The van der Waals surface area contributed by atoms with Crippen molar-refractivity contribution >= 4 is 17.7 Å². The molecule has 0 aliphatic carbocycles. The Kier molecular flexibility index (Phi) is 4.48. The van der Waals surface area contributed by atoms with Crippen molar-refractivity contribution in [3.05, 3.63) is 59.2 Å². The van der Waals surface area contributed by atoms with Gasteiger partial charge >= 0.3 is 5.97 Å². The molecular weight excluding hydrogens is 365 g/mol. The SMILES string of the molecule is Nc1nccc(-c2cnc(NCc3cccc(C(=O)O)c3F)c3c2OCC3)n1. The van der Waals surface area contributed by atoms with Gasteiger partial charge in [-0.25, -0.2) is 24.1 Å². The molecule has 0 saturated heterocycles. The summed E-state index contributed by atoms with van der Waals surface area (Å²) < 4.78 is 20.1. The van der Waals surface area contributed by atoms with Crippen molar-refractivity contribution in [2.75, 3.05) is 17.7 Å². The maximum atomic E-state index is 14.3. The van der Waals surface area contributed by atoms with Crippen molar-refractivity contribution in [1.82, 2.24) is 15.0 Å². The Balaban J connectivity index is 1.63. The maximum absolute atomic E-state index is 14.3. The van der Waals surface area contributed by atoms with E-state index in [1.54, 1.807) is 18.5 Å². The molecule has 1 aliphatic heterocycles. The summed E-state index contributed by atoms with van der Waals surface area (Å²) in [5.41, 5.74) is 7.69. The molecule has 0 radical (unpaired) electrons. The van der Waals surface area contributed by atoms with Crippen LogP contribution in [0, 0.1) is 5.82 Å². The van der Waals surface area contributed by atoms with Crippen LogP contribution in [0.15, 0.2) is 36.7 Å². The first-order chi connectivity index (χ1) is 13.5. The van der Waals surface area contributed by atoms with Crippen molar-refractivity contribution in [3.8, 4) is 17.0 Å². The minimum atomic E-state index is -1.31. The van der Waals surface area contributed by atoms with Crippen LogP contribution in [0.1, 0.15) is 21.5 Å². The molecule has 9 heteroatoms. The number of rotatable bonds is 5. The fraction of sp³-hybridized carbons (Fsp3) is 0.158. The molecule has 1 aliphatic rings. The highest BCUT2D eigenvalue weighted by atomic mass is 19.1. The van der Waals surface area contributed by atoms with E-state index in [1.165, 1.54) is 18.2 Å². The molecule has 0 fully saturated rings. The first-order valence-corrected chi connectivity index (χ1v) is 8.52. The summed E-state index contributed by atoms with van der Waals surface area (Å²) in [6.45, 7) is 0.582. The fourth-order valence-corrected chi connectivity index (χ4v) is 3.11. The van der Waals surface area contributed by atoms with Gasteiger partial charge in [0.25, 0.3) is 0 Å². The Morgan fingerprint density at radius 3 is 2.96 bits per heavy atom. The molecule has 0 spiro atoms. The van der Waals surface area contributed by atoms with E-state index in [2.05, 4.69) is 20.3 Å². The quantitative estimate of drug-likeness (QED) is 0.616. The number of nitrogens with zero attached hydrogens (tertiary/aromatic N) is 3. The molecule has 0 atom stereocenters. The topological polar surface area (TPSA) is 123 Å². The number of carboxylic acid groups (broad SMARTS) is 1. The molecule has 2 aromatic heterocycles. The second kappa shape index (κ2) is 7.10. The van der Waals surface area contributed by atoms with Gasteiger partial charge in [0.2, 0.25) is 5.95 Å². The molecule has 3 aromatic rings. The van der Waals surface area contributed by atoms with Crippen LogP contribution in [0.3, 0.4) is 0 Å². The van der Waals surface area contributed by atoms with E-state index in [1.807, 2.05) is 0 Å². The number of anilines is 2. The van der Waals surface area contributed by atoms with E-state index in [4.69, 9.17) is 15.6 Å². The molecule has 28 heavy (non-hydrogen) atoms. The summed E-state index contributed by atoms with van der Waals surface area (Å²) in [7, 11) is 0. The smallest absolute Gasteiger partial charge is 0.338 e. The highest BCUT2D eigenvalue weighted by Gasteiger charge is 2.23. The highest BCUT2D eigenvalue weighted by molar-refractivity contribution is 5.88. The van der Waals surface area contributed by atoms with Gasteiger partial charge in [-0.05, 0) is 12.1 Å². The highest BCUT2D eigenvalue weighted by Crippen LogP contribution is 2.39. The number of hydrogen-bond donors (Lipinski definition) is 3. The Hall–Kier alpha value is -3.75. The number of benzene rings is 1. The number of hydrogen-bond acceptors (Lipinski definition) is 7. The minimum Gasteiger partial charge on any atom is -0.492 e. The van der Waals surface area contributed by atoms with Crippen molar-refractivity contribution in [1.29, 1.82) is 0 Å². The van der Waals surface area contributed by atoms with Gasteiger partial charge in [-0.15, -0.1) is 0 Å². The number of aromatic carboxylic acids is 1. The van der Waals surface area contributed by atoms with Gasteiger partial charge < -0.3 is 20.9 Å². The van der Waals surface area contributed by atoms with Crippen molar-refractivity contribution < 1.29 is 19.0 Å². The van der Waals surface area contributed by atoms with Crippen LogP contribution in [0.25, 0.3) is 11.3 Å². The lowest BCUT2D eigenvalue weighted by Gasteiger charge is -2.13. The first-order valence-electron chi connectivity index (χ1n) is 8.52. The second-order valence-corrected chi connectivity index (χ2v) is 6.16. The van der Waals surface area contributed by atoms with Gasteiger partial charge in [0.1, 0.15) is 17.4 Å². The molecule has 4 N–H and O–H groups in total. The zero-order valence-corrected chi connectivity index (χ0v) is 14.6. The number of nitrogen functional groups attached to an aromatic ring is 1. The van der Waals surface area contributed by atoms with Gasteiger partial charge in [0.05, 0.1) is 23.4 Å². The van der Waals surface area contributed by atoms with Gasteiger partial charge in [-0.2, -0.15) is 0 Å². The van der Waals surface area contributed by atoms with Crippen LogP contribution < -0.4 is 15.8 Å². The summed E-state index contributed by atoms with van der Waals surface area (Å²) in [6, 6.07) is 5.99. The van der Waals surface area contributed by atoms with E-state index in [0.717, 1.165) is 5.56 Å². The third kappa shape index (κ3) is 3.18. The van der Waals surface area contributed by atoms with E-state index in [-0.39, 0.29) is 23.6 Å². The number of nitrogens with one attached hydrogen (secondary N) is 1. The normalized spacial score (nSPS) is 12.3. The number of fused-ring (bicyclic) bond motifs is 1. The number of aromatic nitrogens is 3. The van der Waals surface area contributed by atoms with E-state index >= 15 is 0 Å². The monoisotopic (exact) mass is 381 g/mol. The number of carboxylic acids is 1. The predicted octanol–water partition coefficient (Wildman–Crippen LogP) is 2.51.